The fourth-order valence-corrected chi connectivity index (χ4v) is 2.59. The molecule has 2 rings (SSSR count). The molecule has 1 unspecified atom stereocenters. The normalized spacial score (nSPS) is 19.5. The molecular weight excluding hydrogens is 341 g/mol. The lowest BCUT2D eigenvalue weighted by molar-refractivity contribution is -0.119. The van der Waals surface area contributed by atoms with Gasteiger partial charge in [0.05, 0.1) is 24.9 Å². The Hall–Kier alpha value is -1.02. The number of halogens is 2. The van der Waals surface area contributed by atoms with Gasteiger partial charge < -0.3 is 15.4 Å². The monoisotopic (exact) mass is 359 g/mol. The number of morpholine rings is 1. The van der Waals surface area contributed by atoms with E-state index in [1.54, 1.807) is 12.1 Å². The van der Waals surface area contributed by atoms with Crippen LogP contribution in [0.25, 0.3) is 0 Å². The maximum absolute atomic E-state index is 13.7. The number of benzene rings is 1. The van der Waals surface area contributed by atoms with Gasteiger partial charge in [-0.1, -0.05) is 15.9 Å². The number of likely N-dealkylation sites (N-methyl/N-ethyl adjacent to an activating group) is 1. The first kappa shape index (κ1) is 16.4. The largest absolute Gasteiger partial charge is 0.374 e. The number of nitrogens with one attached hydrogen (secondary N) is 2. The van der Waals surface area contributed by atoms with Crippen LogP contribution < -0.4 is 10.6 Å². The third-order valence-electron chi connectivity index (χ3n) is 3.23. The summed E-state index contributed by atoms with van der Waals surface area (Å²) in [5.41, 5.74) is 0.197. The molecule has 0 aliphatic carbocycles. The van der Waals surface area contributed by atoms with Crippen LogP contribution in [0.4, 0.5) is 10.1 Å². The number of hydrogen-bond donors (Lipinski definition) is 2. The van der Waals surface area contributed by atoms with E-state index in [2.05, 4.69) is 26.6 Å². The maximum atomic E-state index is 13.7. The Bertz CT molecular complexity index is 499. The minimum atomic E-state index is -0.451. The molecular formula is C14H19BrFN3O2. The predicted molar refractivity (Wildman–Crippen MR) is 82.8 cm³/mol. The first-order chi connectivity index (χ1) is 10.1. The van der Waals surface area contributed by atoms with Gasteiger partial charge in [0.15, 0.2) is 0 Å². The maximum Gasteiger partial charge on any atom is 0.238 e. The molecule has 1 heterocycles. The van der Waals surface area contributed by atoms with E-state index in [1.165, 1.54) is 6.07 Å². The summed E-state index contributed by atoms with van der Waals surface area (Å²) in [6.45, 7) is 2.98. The van der Waals surface area contributed by atoms with Gasteiger partial charge in [-0.3, -0.25) is 9.69 Å². The van der Waals surface area contributed by atoms with Crippen molar-refractivity contribution < 1.29 is 13.9 Å². The van der Waals surface area contributed by atoms with Crippen LogP contribution in [0.15, 0.2) is 22.7 Å². The van der Waals surface area contributed by atoms with E-state index in [4.69, 9.17) is 4.74 Å². The van der Waals surface area contributed by atoms with Crippen LogP contribution in [-0.2, 0) is 9.53 Å². The van der Waals surface area contributed by atoms with Crippen molar-refractivity contribution in [2.24, 2.45) is 0 Å². The number of ether oxygens (including phenoxy) is 1. The van der Waals surface area contributed by atoms with Gasteiger partial charge in [-0.25, -0.2) is 4.39 Å². The highest BCUT2D eigenvalue weighted by atomic mass is 79.9. The average Bonchev–Trinajstić information content (AvgIpc) is 2.43. The Kier molecular flexibility index (Phi) is 6.10. The summed E-state index contributed by atoms with van der Waals surface area (Å²) >= 11 is 3.18. The fraction of sp³-hybridized carbons (Fsp3) is 0.500. The molecule has 0 aromatic heterocycles. The lowest BCUT2D eigenvalue weighted by Gasteiger charge is -2.32. The smallest absolute Gasteiger partial charge is 0.238 e. The summed E-state index contributed by atoms with van der Waals surface area (Å²) < 4.78 is 19.9. The summed E-state index contributed by atoms with van der Waals surface area (Å²) in [4.78, 5) is 14.0. The van der Waals surface area contributed by atoms with Crippen LogP contribution in [0, 0.1) is 5.82 Å². The highest BCUT2D eigenvalue weighted by Gasteiger charge is 2.21. The standard InChI is InChI=1S/C14H19BrFN3O2/c1-17-7-11-8-19(4-5-21-11)9-14(20)18-13-3-2-10(15)6-12(13)16/h2-3,6,11,17H,4-5,7-9H2,1H3,(H,18,20). The van der Waals surface area contributed by atoms with E-state index in [9.17, 15) is 9.18 Å². The number of rotatable bonds is 5. The molecule has 1 aliphatic rings. The SMILES string of the molecule is CNCC1CN(CC(=O)Nc2ccc(Br)cc2F)CCO1. The van der Waals surface area contributed by atoms with Gasteiger partial charge in [0.1, 0.15) is 5.82 Å². The summed E-state index contributed by atoms with van der Waals surface area (Å²) in [7, 11) is 1.87. The molecule has 2 N–H and O–H groups in total. The van der Waals surface area contributed by atoms with E-state index < -0.39 is 5.82 Å². The summed E-state index contributed by atoms with van der Waals surface area (Å²) in [6, 6.07) is 4.56. The fourth-order valence-electron chi connectivity index (χ4n) is 2.26. The lowest BCUT2D eigenvalue weighted by atomic mass is 10.2. The van der Waals surface area contributed by atoms with E-state index in [0.29, 0.717) is 24.2 Å². The second kappa shape index (κ2) is 7.84. The molecule has 1 atom stereocenters. The molecule has 0 spiro atoms. The highest BCUT2D eigenvalue weighted by molar-refractivity contribution is 9.10. The van der Waals surface area contributed by atoms with Crippen molar-refractivity contribution >= 4 is 27.5 Å². The molecule has 0 radical (unpaired) electrons. The number of anilines is 1. The molecule has 0 bridgehead atoms. The Labute approximate surface area is 132 Å². The van der Waals surface area contributed by atoms with Gasteiger partial charge in [0, 0.05) is 24.1 Å². The molecule has 0 saturated carbocycles. The van der Waals surface area contributed by atoms with Crippen molar-refractivity contribution in [2.75, 3.05) is 45.2 Å². The molecule has 1 saturated heterocycles. The summed E-state index contributed by atoms with van der Waals surface area (Å²) in [5.74, 6) is -0.672. The minimum Gasteiger partial charge on any atom is -0.374 e. The second-order valence-electron chi connectivity index (χ2n) is 4.96. The summed E-state index contributed by atoms with van der Waals surface area (Å²) in [6.07, 6.45) is 0.0842. The number of amides is 1. The molecule has 7 heteroatoms. The van der Waals surface area contributed by atoms with E-state index in [0.717, 1.165) is 6.54 Å². The molecule has 1 fully saturated rings. The zero-order valence-electron chi connectivity index (χ0n) is 11.9. The van der Waals surface area contributed by atoms with Gasteiger partial charge in [-0.05, 0) is 25.2 Å². The molecule has 1 aliphatic heterocycles. The number of hydrogen-bond acceptors (Lipinski definition) is 4. The van der Waals surface area contributed by atoms with Gasteiger partial charge >= 0.3 is 0 Å². The van der Waals surface area contributed by atoms with Gasteiger partial charge in [-0.15, -0.1) is 0 Å². The molecule has 1 amide bonds. The Morgan fingerprint density at radius 2 is 2.38 bits per heavy atom. The summed E-state index contributed by atoms with van der Waals surface area (Å²) in [5, 5.41) is 5.66. The van der Waals surface area contributed by atoms with Gasteiger partial charge in [0.25, 0.3) is 0 Å². The van der Waals surface area contributed by atoms with Crippen LogP contribution in [0.2, 0.25) is 0 Å². The lowest BCUT2D eigenvalue weighted by Crippen LogP contribution is -2.48. The van der Waals surface area contributed by atoms with Crippen molar-refractivity contribution in [3.63, 3.8) is 0 Å². The predicted octanol–water partition coefficient (Wildman–Crippen LogP) is 1.45. The third-order valence-corrected chi connectivity index (χ3v) is 3.72. The van der Waals surface area contributed by atoms with Gasteiger partial charge in [-0.2, -0.15) is 0 Å². The van der Waals surface area contributed by atoms with Crippen LogP contribution in [0.1, 0.15) is 0 Å². The molecule has 1 aromatic rings. The first-order valence-corrected chi connectivity index (χ1v) is 7.61. The molecule has 21 heavy (non-hydrogen) atoms. The molecule has 116 valence electrons. The van der Waals surface area contributed by atoms with Crippen molar-refractivity contribution in [3.8, 4) is 0 Å². The highest BCUT2D eigenvalue weighted by Crippen LogP contribution is 2.19. The zero-order chi connectivity index (χ0) is 15.2. The van der Waals surface area contributed by atoms with Crippen molar-refractivity contribution in [1.29, 1.82) is 0 Å². The van der Waals surface area contributed by atoms with E-state index in [1.807, 2.05) is 11.9 Å². The Morgan fingerprint density at radius 1 is 1.57 bits per heavy atom. The molecule has 5 nitrogen and oxygen atoms in total. The first-order valence-electron chi connectivity index (χ1n) is 6.82. The van der Waals surface area contributed by atoms with Crippen molar-refractivity contribution in [1.82, 2.24) is 10.2 Å². The van der Waals surface area contributed by atoms with E-state index >= 15 is 0 Å². The third kappa shape index (κ3) is 5.03. The van der Waals surface area contributed by atoms with Crippen molar-refractivity contribution in [3.05, 3.63) is 28.5 Å². The zero-order valence-corrected chi connectivity index (χ0v) is 13.5. The Morgan fingerprint density at radius 3 is 3.10 bits per heavy atom. The number of carbonyl (C=O) groups is 1. The minimum absolute atomic E-state index is 0.0842. The molecule has 1 aromatic carbocycles. The van der Waals surface area contributed by atoms with Crippen LogP contribution in [0.5, 0.6) is 0 Å². The van der Waals surface area contributed by atoms with Gasteiger partial charge in [0.2, 0.25) is 5.91 Å². The topological polar surface area (TPSA) is 53.6 Å². The Balaban J connectivity index is 1.86. The van der Waals surface area contributed by atoms with Crippen molar-refractivity contribution in [2.45, 2.75) is 6.10 Å². The van der Waals surface area contributed by atoms with E-state index in [-0.39, 0.29) is 24.2 Å². The second-order valence-corrected chi connectivity index (χ2v) is 5.87. The van der Waals surface area contributed by atoms with Crippen LogP contribution in [0.3, 0.4) is 0 Å². The average molecular weight is 360 g/mol. The number of nitrogens with zero attached hydrogens (tertiary/aromatic N) is 1. The number of carbonyl (C=O) groups excluding carboxylic acids is 1. The van der Waals surface area contributed by atoms with Crippen LogP contribution in [-0.4, -0.2) is 56.7 Å². The van der Waals surface area contributed by atoms with Crippen LogP contribution >= 0.6 is 15.9 Å². The quantitative estimate of drug-likeness (QED) is 0.835.